The number of hydrogen-bond acceptors (Lipinski definition) is 2. The van der Waals surface area contributed by atoms with E-state index in [1.165, 1.54) is 5.56 Å². The zero-order chi connectivity index (χ0) is 10.6. The summed E-state index contributed by atoms with van der Waals surface area (Å²) < 4.78 is 0. The number of rotatable bonds is 4. The average Bonchev–Trinajstić information content (AvgIpc) is 2.20. The standard InChI is InChI=1S/C12H20N2/c1-4-10(5-2)12(13)11-7-6-8-14-9(11)3/h6-8,10,12H,4-5,13H2,1-3H3. The maximum Gasteiger partial charge on any atom is 0.0420 e. The van der Waals surface area contributed by atoms with Crippen LogP contribution in [0.1, 0.15) is 44.0 Å². The Morgan fingerprint density at radius 2 is 2.00 bits per heavy atom. The molecule has 0 aliphatic rings. The molecule has 2 N–H and O–H groups in total. The first kappa shape index (κ1) is 11.2. The van der Waals surface area contributed by atoms with Gasteiger partial charge in [0.05, 0.1) is 0 Å². The van der Waals surface area contributed by atoms with Gasteiger partial charge in [-0.2, -0.15) is 0 Å². The van der Waals surface area contributed by atoms with E-state index >= 15 is 0 Å². The molecule has 0 bridgehead atoms. The first-order chi connectivity index (χ1) is 6.70. The molecule has 2 heteroatoms. The molecular formula is C12H20N2. The van der Waals surface area contributed by atoms with E-state index in [9.17, 15) is 0 Å². The molecule has 2 nitrogen and oxygen atoms in total. The molecule has 14 heavy (non-hydrogen) atoms. The van der Waals surface area contributed by atoms with Gasteiger partial charge in [-0.25, -0.2) is 0 Å². The van der Waals surface area contributed by atoms with Crippen molar-refractivity contribution in [3.63, 3.8) is 0 Å². The zero-order valence-electron chi connectivity index (χ0n) is 9.33. The number of aryl methyl sites for hydroxylation is 1. The molecule has 0 amide bonds. The average molecular weight is 192 g/mol. The Morgan fingerprint density at radius 1 is 1.36 bits per heavy atom. The van der Waals surface area contributed by atoms with Crippen LogP contribution in [0, 0.1) is 12.8 Å². The monoisotopic (exact) mass is 192 g/mol. The Balaban J connectivity index is 2.88. The molecule has 0 aliphatic heterocycles. The van der Waals surface area contributed by atoms with Gasteiger partial charge >= 0.3 is 0 Å². The van der Waals surface area contributed by atoms with Gasteiger partial charge in [0, 0.05) is 17.9 Å². The Kier molecular flexibility index (Phi) is 4.08. The minimum Gasteiger partial charge on any atom is -0.324 e. The van der Waals surface area contributed by atoms with Crippen molar-refractivity contribution in [3.8, 4) is 0 Å². The molecule has 0 aliphatic carbocycles. The Labute approximate surface area is 86.5 Å². The van der Waals surface area contributed by atoms with Crippen LogP contribution < -0.4 is 5.73 Å². The first-order valence-corrected chi connectivity index (χ1v) is 5.37. The predicted octanol–water partition coefficient (Wildman–Crippen LogP) is 2.83. The first-order valence-electron chi connectivity index (χ1n) is 5.37. The quantitative estimate of drug-likeness (QED) is 0.796. The summed E-state index contributed by atoms with van der Waals surface area (Å²) in [6.07, 6.45) is 4.08. The fourth-order valence-electron chi connectivity index (χ4n) is 1.90. The van der Waals surface area contributed by atoms with Crippen molar-refractivity contribution >= 4 is 0 Å². The molecule has 1 atom stereocenters. The number of aromatic nitrogens is 1. The number of hydrogen-bond donors (Lipinski definition) is 1. The highest BCUT2D eigenvalue weighted by Gasteiger charge is 2.17. The van der Waals surface area contributed by atoms with E-state index in [1.54, 1.807) is 0 Å². The van der Waals surface area contributed by atoms with Crippen LogP contribution in [-0.2, 0) is 0 Å². The zero-order valence-corrected chi connectivity index (χ0v) is 9.33. The predicted molar refractivity (Wildman–Crippen MR) is 60.0 cm³/mol. The van der Waals surface area contributed by atoms with Crippen LogP contribution in [0.25, 0.3) is 0 Å². The lowest BCUT2D eigenvalue weighted by atomic mass is 9.89. The topological polar surface area (TPSA) is 38.9 Å². The van der Waals surface area contributed by atoms with E-state index in [1.807, 2.05) is 19.2 Å². The van der Waals surface area contributed by atoms with Gasteiger partial charge in [-0.15, -0.1) is 0 Å². The second-order valence-corrected chi connectivity index (χ2v) is 3.78. The summed E-state index contributed by atoms with van der Waals surface area (Å²) in [4.78, 5) is 4.27. The highest BCUT2D eigenvalue weighted by molar-refractivity contribution is 5.22. The summed E-state index contributed by atoms with van der Waals surface area (Å²) in [7, 11) is 0. The van der Waals surface area contributed by atoms with Crippen LogP contribution in [0.5, 0.6) is 0 Å². The number of nitrogens with two attached hydrogens (primary N) is 1. The molecule has 1 rings (SSSR count). The minimum atomic E-state index is 0.138. The summed E-state index contributed by atoms with van der Waals surface area (Å²) in [6, 6.07) is 4.19. The number of nitrogens with zero attached hydrogens (tertiary/aromatic N) is 1. The van der Waals surface area contributed by atoms with Crippen molar-refractivity contribution in [2.75, 3.05) is 0 Å². The molecule has 1 aromatic heterocycles. The number of pyridine rings is 1. The van der Waals surface area contributed by atoms with E-state index in [0.29, 0.717) is 5.92 Å². The Hall–Kier alpha value is -0.890. The lowest BCUT2D eigenvalue weighted by Crippen LogP contribution is -2.21. The summed E-state index contributed by atoms with van der Waals surface area (Å²) in [6.45, 7) is 6.41. The van der Waals surface area contributed by atoms with Gasteiger partial charge in [-0.05, 0) is 24.5 Å². The summed E-state index contributed by atoms with van der Waals surface area (Å²) in [5, 5.41) is 0. The fraction of sp³-hybridized carbons (Fsp3) is 0.583. The van der Waals surface area contributed by atoms with E-state index in [0.717, 1.165) is 18.5 Å². The lowest BCUT2D eigenvalue weighted by molar-refractivity contribution is 0.403. The molecule has 0 fully saturated rings. The SMILES string of the molecule is CCC(CC)C(N)c1cccnc1C. The maximum absolute atomic E-state index is 6.22. The molecule has 0 saturated carbocycles. The van der Waals surface area contributed by atoms with Crippen LogP contribution in [0.4, 0.5) is 0 Å². The molecule has 0 aromatic carbocycles. The molecule has 0 saturated heterocycles. The van der Waals surface area contributed by atoms with Gasteiger partial charge in [0.2, 0.25) is 0 Å². The highest BCUT2D eigenvalue weighted by Crippen LogP contribution is 2.25. The lowest BCUT2D eigenvalue weighted by Gasteiger charge is -2.22. The third-order valence-corrected chi connectivity index (χ3v) is 2.96. The summed E-state index contributed by atoms with van der Waals surface area (Å²) in [5.41, 5.74) is 8.48. The molecule has 0 radical (unpaired) electrons. The van der Waals surface area contributed by atoms with Crippen molar-refractivity contribution in [1.82, 2.24) is 4.98 Å². The third-order valence-electron chi connectivity index (χ3n) is 2.96. The molecular weight excluding hydrogens is 172 g/mol. The van der Waals surface area contributed by atoms with E-state index in [2.05, 4.69) is 24.9 Å². The van der Waals surface area contributed by atoms with E-state index < -0.39 is 0 Å². The Morgan fingerprint density at radius 3 is 2.50 bits per heavy atom. The van der Waals surface area contributed by atoms with E-state index in [-0.39, 0.29) is 6.04 Å². The maximum atomic E-state index is 6.22. The smallest absolute Gasteiger partial charge is 0.0420 e. The van der Waals surface area contributed by atoms with Gasteiger partial charge in [-0.1, -0.05) is 32.8 Å². The van der Waals surface area contributed by atoms with Crippen LogP contribution >= 0.6 is 0 Å². The second-order valence-electron chi connectivity index (χ2n) is 3.78. The summed E-state index contributed by atoms with van der Waals surface area (Å²) in [5.74, 6) is 0.567. The molecule has 1 unspecified atom stereocenters. The molecule has 1 aromatic rings. The highest BCUT2D eigenvalue weighted by atomic mass is 14.7. The molecule has 78 valence electrons. The summed E-state index contributed by atoms with van der Waals surface area (Å²) >= 11 is 0. The van der Waals surface area contributed by atoms with Gasteiger partial charge in [-0.3, -0.25) is 4.98 Å². The van der Waals surface area contributed by atoms with Crippen LogP contribution in [0.3, 0.4) is 0 Å². The van der Waals surface area contributed by atoms with Gasteiger partial charge in [0.1, 0.15) is 0 Å². The van der Waals surface area contributed by atoms with Gasteiger partial charge in [0.25, 0.3) is 0 Å². The van der Waals surface area contributed by atoms with Crippen molar-refractivity contribution in [1.29, 1.82) is 0 Å². The van der Waals surface area contributed by atoms with Gasteiger partial charge < -0.3 is 5.73 Å². The van der Waals surface area contributed by atoms with E-state index in [4.69, 9.17) is 5.73 Å². The van der Waals surface area contributed by atoms with Gasteiger partial charge in [0.15, 0.2) is 0 Å². The van der Waals surface area contributed by atoms with Crippen LogP contribution in [0.2, 0.25) is 0 Å². The normalized spacial score (nSPS) is 13.2. The van der Waals surface area contributed by atoms with Crippen LogP contribution in [0.15, 0.2) is 18.3 Å². The minimum absolute atomic E-state index is 0.138. The molecule has 1 heterocycles. The fourth-order valence-corrected chi connectivity index (χ4v) is 1.90. The van der Waals surface area contributed by atoms with Crippen molar-refractivity contribution < 1.29 is 0 Å². The van der Waals surface area contributed by atoms with Crippen molar-refractivity contribution in [3.05, 3.63) is 29.6 Å². The Bertz CT molecular complexity index is 279. The van der Waals surface area contributed by atoms with Crippen LogP contribution in [-0.4, -0.2) is 4.98 Å². The van der Waals surface area contributed by atoms with Crippen molar-refractivity contribution in [2.24, 2.45) is 11.7 Å². The van der Waals surface area contributed by atoms with Crippen molar-refractivity contribution in [2.45, 2.75) is 39.7 Å². The second kappa shape index (κ2) is 5.11. The molecule has 0 spiro atoms. The largest absolute Gasteiger partial charge is 0.324 e. The third kappa shape index (κ3) is 2.32.